The summed E-state index contributed by atoms with van der Waals surface area (Å²) in [6.07, 6.45) is -9.29. The number of imide groups is 1. The maximum Gasteiger partial charge on any atom is 0.248 e. The molecule has 5 aromatic carbocycles. The van der Waals surface area contributed by atoms with E-state index in [0.717, 1.165) is 76.0 Å². The minimum Gasteiger partial charge on any atom is -0.508 e. The van der Waals surface area contributed by atoms with Crippen molar-refractivity contribution in [2.45, 2.75) is 252 Å². The highest BCUT2D eigenvalue weighted by Gasteiger charge is 2.54. The summed E-state index contributed by atoms with van der Waals surface area (Å²) in [6, 6.07) is 3.00. The Hall–Kier alpha value is -9.50. The molecule has 34 nitrogen and oxygen atoms in total. The molecule has 0 spiro atoms. The number of benzene rings is 5. The van der Waals surface area contributed by atoms with Crippen LogP contribution in [0, 0.1) is 29.6 Å². The lowest BCUT2D eigenvalue weighted by Crippen LogP contribution is -2.64. The number of ether oxygens (including phenoxy) is 6. The molecule has 6 fully saturated rings. The van der Waals surface area contributed by atoms with Gasteiger partial charge in [0.1, 0.15) is 84.0 Å². The molecule has 2 saturated heterocycles. The molecule has 17 rings (SSSR count). The first kappa shape index (κ1) is 87.8. The van der Waals surface area contributed by atoms with Gasteiger partial charge < -0.3 is 123 Å². The van der Waals surface area contributed by atoms with E-state index in [0.29, 0.717) is 24.7 Å². The van der Waals surface area contributed by atoms with Gasteiger partial charge in [-0.2, -0.15) is 0 Å². The van der Waals surface area contributed by atoms with Crippen LogP contribution < -0.4 is 67.8 Å². The number of carbonyl (C=O) groups is 9. The SMILES string of the molecule is CCCCCCCCC(=O)NC(=O)C[C@@H]1NC(=O)[C@H](NC(=O)[C@@H](CC(C)C)NC)[C@H](O)c2ccc(c(Cl)c2)Oc2cc3cc(c2O[C@@H]2O[C@H](CO)[C@@H](O)[C@H](O)[C@H]2O[C@H]2C[C@](C)(N)[C@H](O)[C@H](C)O2)Oc2ccc(cc2)[C@@H](O)[C@@H]2NC(=O)[C@H](NC(=O)[C@@H]3NC1=O)c1ccc3c(c1)-c1c(cc(O)cc1C3(O)O)[C@@H](C(=O)NC1C3CC4CC(C3)CC1C4)NC2=O. The van der Waals surface area contributed by atoms with Crippen LogP contribution in [0.5, 0.6) is 34.5 Å². The molecule has 0 unspecified atom stereocenters. The maximum absolute atomic E-state index is 16.6. The fourth-order valence-corrected chi connectivity index (χ4v) is 19.2. The quantitative estimate of drug-likeness (QED) is 0.0370. The number of amides is 9. The lowest BCUT2D eigenvalue weighted by Gasteiger charge is -2.54. The fraction of sp³-hybridized carbons (Fsp3) is 0.547. The normalized spacial score (nSPS) is 31.7. The van der Waals surface area contributed by atoms with E-state index in [2.05, 4.69) is 47.9 Å². The highest BCUT2D eigenvalue weighted by atomic mass is 35.5. The predicted molar refractivity (Wildman–Crippen MR) is 429 cm³/mol. The molecule has 18 atom stereocenters. The van der Waals surface area contributed by atoms with E-state index in [1.54, 1.807) is 0 Å². The molecule has 5 aromatic rings. The van der Waals surface area contributed by atoms with E-state index >= 15 is 28.8 Å². The van der Waals surface area contributed by atoms with Crippen LogP contribution in [0.3, 0.4) is 0 Å². The number of likely N-dealkylation sites (N-methyl/N-ethyl adjacent to an activating group) is 1. The number of unbranched alkanes of at least 4 members (excludes halogenated alkanes) is 5. The molecule has 4 saturated carbocycles. The number of hydrogen-bond donors (Lipinski definition) is 19. The van der Waals surface area contributed by atoms with Crippen molar-refractivity contribution in [3.63, 3.8) is 0 Å². The molecule has 20 N–H and O–H groups in total. The summed E-state index contributed by atoms with van der Waals surface area (Å²) in [5.41, 5.74) is 3.41. The standard InChI is InChI=1S/C86H107ClN10O24/c1-7-8-9-10-11-12-13-60(100)91-61(101)34-55-78(108)93-66-46-30-57(74(121-84-75(73(105)72(104)59(36-98)119-84)120-62-35-85(5,88)76(106)38(4)116-62)58(31-46)118-56-21-17-43(29-53(56)87)71(103)69(82(112)90-55)96-77(107)54(89-6)22-37(2)3)117-48-18-14-41(15-19-48)70(102)68-83(113)95-67(81(111)92-64-44-24-39-23-40(26-44)27-45(64)25-39)50-32-47(99)33-52-63(50)49-28-42(16-20-51(49)86(52,114)115)65(79(109)97-68)94-80(66)110/h14-21,28-33,37-40,44-45,54-55,59,62,64-73,75-76,84,89,98-99,102-106,114-115H,7-13,22-27,34-36,88H2,1-6H3,(H,90,112)(H,92,111)(H,93,108)(H,94,110)(H,95,113)(H,96,107)(H,97,109)(H,91,100,101)/t38-,39?,40?,44?,45?,54+,55-,59+,62-,64?,65+,66+,67-,68-,69+,70+,71+,72+,73-,75+,76+,84-,85-/m0/s1. The summed E-state index contributed by atoms with van der Waals surface area (Å²) in [5.74, 6) is -14.7. The molecule has 0 aromatic heterocycles. The van der Waals surface area contributed by atoms with Gasteiger partial charge in [-0.1, -0.05) is 94.8 Å². The van der Waals surface area contributed by atoms with Gasteiger partial charge in [0, 0.05) is 35.5 Å². The van der Waals surface area contributed by atoms with Crippen LogP contribution in [0.15, 0.2) is 84.9 Å². The molecule has 15 bridgehead atoms. The molecule has 9 amide bonds. The summed E-state index contributed by atoms with van der Waals surface area (Å²) < 4.78 is 39.1. The number of carbonyl (C=O) groups excluding carboxylic acids is 9. The van der Waals surface area contributed by atoms with Gasteiger partial charge >= 0.3 is 0 Å². The summed E-state index contributed by atoms with van der Waals surface area (Å²) >= 11 is 7.22. The summed E-state index contributed by atoms with van der Waals surface area (Å²) in [7, 11) is 1.49. The second-order valence-electron chi connectivity index (χ2n) is 34.5. The number of phenolic OH excluding ortho intramolecular Hbond substituents is 1. The molecular weight excluding hydrogens is 1590 g/mol. The molecule has 7 aliphatic heterocycles. The number of phenols is 1. The molecule has 35 heteroatoms. The number of halogens is 1. The average molecular weight is 1700 g/mol. The van der Waals surface area contributed by atoms with Crippen molar-refractivity contribution in [1.29, 1.82) is 0 Å². The van der Waals surface area contributed by atoms with Crippen LogP contribution in [0.25, 0.3) is 11.1 Å². The first-order chi connectivity index (χ1) is 57.6. The van der Waals surface area contributed by atoms with E-state index in [1.807, 2.05) is 20.8 Å². The van der Waals surface area contributed by atoms with E-state index in [9.17, 15) is 60.3 Å². The van der Waals surface area contributed by atoms with Crippen molar-refractivity contribution in [3.8, 4) is 45.6 Å². The van der Waals surface area contributed by atoms with Crippen molar-refractivity contribution in [1.82, 2.24) is 47.9 Å². The Morgan fingerprint density at radius 2 is 1.33 bits per heavy atom. The fourth-order valence-electron chi connectivity index (χ4n) is 19.0. The number of aliphatic hydroxyl groups is 8. The van der Waals surface area contributed by atoms with E-state index < -0.39 is 210 Å². The lowest BCUT2D eigenvalue weighted by molar-refractivity contribution is -0.333. The van der Waals surface area contributed by atoms with Crippen molar-refractivity contribution in [2.75, 3.05) is 13.7 Å². The first-order valence-electron chi connectivity index (χ1n) is 41.6. The van der Waals surface area contributed by atoms with E-state index in [1.165, 1.54) is 87.6 Å². The maximum atomic E-state index is 16.6. The topological polar surface area (TPSA) is 525 Å². The summed E-state index contributed by atoms with van der Waals surface area (Å²) in [4.78, 5) is 138. The van der Waals surface area contributed by atoms with Crippen molar-refractivity contribution >= 4 is 64.8 Å². The van der Waals surface area contributed by atoms with Crippen molar-refractivity contribution < 1.29 is 118 Å². The van der Waals surface area contributed by atoms with Crippen molar-refractivity contribution in [2.24, 2.45) is 35.3 Å². The van der Waals surface area contributed by atoms with E-state index in [4.69, 9.17) is 45.8 Å². The van der Waals surface area contributed by atoms with Gasteiger partial charge in [0.2, 0.25) is 71.0 Å². The van der Waals surface area contributed by atoms with Crippen LogP contribution in [0.2, 0.25) is 5.02 Å². The smallest absolute Gasteiger partial charge is 0.248 e. The number of hydrogen-bond acceptors (Lipinski definition) is 26. The van der Waals surface area contributed by atoms with Crippen molar-refractivity contribution in [3.05, 3.63) is 129 Å². The van der Waals surface area contributed by atoms with Crippen LogP contribution >= 0.6 is 11.6 Å². The van der Waals surface area contributed by atoms with Gasteiger partial charge in [0.05, 0.1) is 36.3 Å². The highest BCUT2D eigenvalue weighted by Crippen LogP contribution is 2.56. The van der Waals surface area contributed by atoms with Crippen LogP contribution in [-0.4, -0.2) is 198 Å². The zero-order valence-electron chi connectivity index (χ0n) is 67.8. The minimum absolute atomic E-state index is 0.0767. The summed E-state index contributed by atoms with van der Waals surface area (Å²) in [6.45, 7) is 7.82. The second kappa shape index (κ2) is 36.1. The Bertz CT molecular complexity index is 4750. The minimum atomic E-state index is -2.97. The Labute approximate surface area is 702 Å². The third-order valence-corrected chi connectivity index (χ3v) is 25.4. The number of aromatic hydroxyl groups is 1. The van der Waals surface area contributed by atoms with E-state index in [-0.39, 0.29) is 104 Å². The first-order valence-corrected chi connectivity index (χ1v) is 41.9. The average Bonchev–Trinajstić information content (AvgIpc) is 1.53. The van der Waals surface area contributed by atoms with Gasteiger partial charge in [0.15, 0.2) is 23.9 Å². The van der Waals surface area contributed by atoms with Gasteiger partial charge in [-0.15, -0.1) is 0 Å². The Kier molecular flexibility index (Phi) is 26.2. The molecular formula is C86H107ClN10O24. The van der Waals surface area contributed by atoms with Gasteiger partial charge in [0.25, 0.3) is 0 Å². The lowest BCUT2D eigenvalue weighted by atomic mass is 9.54. The summed E-state index contributed by atoms with van der Waals surface area (Å²) in [5, 5.41) is 131. The third kappa shape index (κ3) is 18.5. The third-order valence-electron chi connectivity index (χ3n) is 25.1. The van der Waals surface area contributed by atoms with Gasteiger partial charge in [-0.25, -0.2) is 0 Å². The number of nitrogens with two attached hydrogens (primary N) is 1. The van der Waals surface area contributed by atoms with Gasteiger partial charge in [-0.05, 0) is 189 Å². The Balaban J connectivity index is 0.954. The monoisotopic (exact) mass is 1700 g/mol. The largest absolute Gasteiger partial charge is 0.508 e. The molecule has 0 radical (unpaired) electrons. The second-order valence-corrected chi connectivity index (χ2v) is 34.9. The van der Waals surface area contributed by atoms with Crippen LogP contribution in [0.1, 0.15) is 200 Å². The number of rotatable bonds is 21. The van der Waals surface area contributed by atoms with Crippen LogP contribution in [0.4, 0.5) is 0 Å². The molecule has 7 heterocycles. The number of aliphatic hydroxyl groups excluding tert-OH is 6. The zero-order chi connectivity index (χ0) is 86.5. The molecule has 652 valence electrons. The highest BCUT2D eigenvalue weighted by molar-refractivity contribution is 6.32. The van der Waals surface area contributed by atoms with Gasteiger partial charge in [-0.3, -0.25) is 48.5 Å². The predicted octanol–water partition coefficient (Wildman–Crippen LogP) is 3.31. The Morgan fingerprint density at radius 1 is 0.678 bits per heavy atom. The zero-order valence-corrected chi connectivity index (χ0v) is 68.5. The molecule has 5 aliphatic carbocycles. The number of fused-ring (bicyclic) bond motifs is 12. The number of nitrogens with one attached hydrogen (secondary N) is 9. The van der Waals surface area contributed by atoms with Crippen LogP contribution in [-0.2, 0) is 63.1 Å². The molecule has 121 heavy (non-hydrogen) atoms. The molecule has 12 aliphatic rings. The Morgan fingerprint density at radius 3 is 2.00 bits per heavy atom.